The largest absolute Gasteiger partial charge is 2.00 e. The summed E-state index contributed by atoms with van der Waals surface area (Å²) in [7, 11) is 0. The predicted molar refractivity (Wildman–Crippen MR) is 119 cm³/mol. The zero-order chi connectivity index (χ0) is 19.7. The van der Waals surface area contributed by atoms with E-state index in [-0.39, 0.29) is 21.1 Å². The molecule has 5 rings (SSSR count). The van der Waals surface area contributed by atoms with Gasteiger partial charge in [-0.05, 0) is 42.7 Å². The first-order valence-electron chi connectivity index (χ1n) is 9.91. The molecule has 0 saturated heterocycles. The van der Waals surface area contributed by atoms with Gasteiger partial charge in [-0.1, -0.05) is 30.3 Å². The molecule has 1 aliphatic rings. The average Bonchev–Trinajstić information content (AvgIpc) is 2.82. The minimum Gasteiger partial charge on any atom is -0.295 e. The number of aromatic nitrogens is 1. The van der Waals surface area contributed by atoms with Crippen LogP contribution in [0.15, 0.2) is 102 Å². The van der Waals surface area contributed by atoms with Gasteiger partial charge in [0.25, 0.3) is 0 Å². The van der Waals surface area contributed by atoms with Crippen LogP contribution in [0, 0.1) is 12.1 Å². The molecule has 0 unspecified atom stereocenters. The Morgan fingerprint density at radius 1 is 0.733 bits per heavy atom. The van der Waals surface area contributed by atoms with Gasteiger partial charge in [-0.3, -0.25) is 9.98 Å². The number of aryl methyl sites for hydroxylation is 1. The molecule has 1 aliphatic carbocycles. The fourth-order valence-electron chi connectivity index (χ4n) is 3.32. The van der Waals surface area contributed by atoms with Gasteiger partial charge in [0.05, 0.1) is 17.1 Å². The Balaban J connectivity index is 0.000000317. The Morgan fingerprint density at radius 2 is 1.47 bits per heavy atom. The van der Waals surface area contributed by atoms with Gasteiger partial charge in [0.15, 0.2) is 0 Å². The monoisotopic (exact) mass is 569 g/mol. The van der Waals surface area contributed by atoms with Crippen molar-refractivity contribution >= 4 is 11.4 Å². The summed E-state index contributed by atoms with van der Waals surface area (Å²) in [6, 6.07) is 38.1. The van der Waals surface area contributed by atoms with Crippen LogP contribution in [0.25, 0.3) is 11.3 Å². The number of para-hydroxylation sites is 1. The molecule has 4 aromatic rings. The van der Waals surface area contributed by atoms with Gasteiger partial charge in [0, 0.05) is 0 Å². The summed E-state index contributed by atoms with van der Waals surface area (Å²) in [5, 5.41) is 0. The number of hydrogen-bond acceptors (Lipinski definition) is 2. The summed E-state index contributed by atoms with van der Waals surface area (Å²) in [4.78, 5) is 9.74. The van der Waals surface area contributed by atoms with Gasteiger partial charge >= 0.3 is 21.1 Å². The minimum absolute atomic E-state index is 0. The van der Waals surface area contributed by atoms with E-state index in [1.807, 2.05) is 84.9 Å². The fraction of sp³-hybridized carbons (Fsp3) is 0.111. The molecule has 0 N–H and O–H groups in total. The summed E-state index contributed by atoms with van der Waals surface area (Å²) in [5.41, 5.74) is 6.43. The zero-order valence-corrected chi connectivity index (χ0v) is 18.8. The van der Waals surface area contributed by atoms with Crippen molar-refractivity contribution in [3.05, 3.63) is 120 Å². The van der Waals surface area contributed by atoms with Gasteiger partial charge in [0.1, 0.15) is 0 Å². The summed E-state index contributed by atoms with van der Waals surface area (Å²) in [5.74, 6) is 0. The van der Waals surface area contributed by atoms with E-state index in [1.54, 1.807) is 0 Å². The minimum atomic E-state index is 0. The molecular weight excluding hydrogens is 547 g/mol. The molecule has 0 aliphatic heterocycles. The van der Waals surface area contributed by atoms with E-state index in [2.05, 4.69) is 24.3 Å². The first-order valence-corrected chi connectivity index (χ1v) is 9.91. The molecule has 0 bridgehead atoms. The van der Waals surface area contributed by atoms with E-state index < -0.39 is 0 Å². The second-order valence-corrected chi connectivity index (χ2v) is 6.81. The SMILES string of the molecule is [Pt+2].[c-]1ccccc1.[c-]1ccccc1-c1ccc2c(n1)C(=Nc1ccccc1)CCC2. The van der Waals surface area contributed by atoms with Crippen molar-refractivity contribution in [3.8, 4) is 11.3 Å². The van der Waals surface area contributed by atoms with E-state index in [9.17, 15) is 0 Å². The van der Waals surface area contributed by atoms with Crippen molar-refractivity contribution in [2.75, 3.05) is 0 Å². The molecule has 0 fully saturated rings. The van der Waals surface area contributed by atoms with Crippen LogP contribution in [0.5, 0.6) is 0 Å². The Labute approximate surface area is 193 Å². The average molecular weight is 570 g/mol. The number of nitrogens with zero attached hydrogens (tertiary/aromatic N) is 2. The number of hydrogen-bond donors (Lipinski definition) is 0. The van der Waals surface area contributed by atoms with E-state index >= 15 is 0 Å². The summed E-state index contributed by atoms with van der Waals surface area (Å²) in [6.45, 7) is 0. The predicted octanol–water partition coefficient (Wildman–Crippen LogP) is 6.49. The first-order chi connectivity index (χ1) is 14.4. The summed E-state index contributed by atoms with van der Waals surface area (Å²) in [6.07, 6.45) is 3.20. The molecule has 3 heteroatoms. The normalized spacial score (nSPS) is 13.4. The van der Waals surface area contributed by atoms with Crippen molar-refractivity contribution in [1.82, 2.24) is 4.98 Å². The Bertz CT molecular complexity index is 1040. The standard InChI is InChI=1S/C21H17N2.C6H5.Pt/c1-3-8-16(9-4-1)19-15-14-17-10-7-13-20(21(17)23-19)22-18-11-5-2-6-12-18;1-2-4-6-5-3-1;/h1-6,8,11-12,14-15H,7,10,13H2;1-5H;/q2*-1;+2. The van der Waals surface area contributed by atoms with E-state index in [1.165, 1.54) is 5.56 Å². The van der Waals surface area contributed by atoms with E-state index in [0.29, 0.717) is 0 Å². The molecule has 3 aromatic carbocycles. The molecule has 0 radical (unpaired) electrons. The van der Waals surface area contributed by atoms with Gasteiger partial charge in [-0.15, -0.1) is 35.9 Å². The number of benzene rings is 3. The third-order valence-corrected chi connectivity index (χ3v) is 4.72. The van der Waals surface area contributed by atoms with Crippen LogP contribution < -0.4 is 0 Å². The van der Waals surface area contributed by atoms with E-state index in [0.717, 1.165) is 47.6 Å². The Morgan fingerprint density at radius 3 is 2.13 bits per heavy atom. The molecule has 0 saturated carbocycles. The van der Waals surface area contributed by atoms with Gasteiger partial charge in [-0.2, -0.15) is 36.4 Å². The quantitative estimate of drug-likeness (QED) is 0.254. The van der Waals surface area contributed by atoms with Crippen LogP contribution in [-0.2, 0) is 27.5 Å². The maximum atomic E-state index is 4.90. The van der Waals surface area contributed by atoms with Gasteiger partial charge in [-0.25, -0.2) is 0 Å². The molecule has 2 nitrogen and oxygen atoms in total. The number of fused-ring (bicyclic) bond motifs is 1. The zero-order valence-electron chi connectivity index (χ0n) is 16.6. The van der Waals surface area contributed by atoms with Crippen molar-refractivity contribution in [2.45, 2.75) is 19.3 Å². The molecule has 0 spiro atoms. The molecule has 1 aromatic heterocycles. The van der Waals surface area contributed by atoms with Crippen molar-refractivity contribution in [1.29, 1.82) is 0 Å². The maximum Gasteiger partial charge on any atom is 2.00 e. The summed E-state index contributed by atoms with van der Waals surface area (Å²) < 4.78 is 0. The van der Waals surface area contributed by atoms with Crippen LogP contribution in [0.1, 0.15) is 24.1 Å². The van der Waals surface area contributed by atoms with Gasteiger partial charge < -0.3 is 0 Å². The van der Waals surface area contributed by atoms with Crippen molar-refractivity contribution in [3.63, 3.8) is 0 Å². The van der Waals surface area contributed by atoms with Crippen LogP contribution in [0.2, 0.25) is 0 Å². The van der Waals surface area contributed by atoms with Crippen LogP contribution in [-0.4, -0.2) is 10.7 Å². The van der Waals surface area contributed by atoms with Crippen LogP contribution >= 0.6 is 0 Å². The fourth-order valence-corrected chi connectivity index (χ4v) is 3.32. The molecule has 1 heterocycles. The molecule has 0 atom stereocenters. The smallest absolute Gasteiger partial charge is 0.295 e. The maximum absolute atomic E-state index is 4.90. The molecule has 150 valence electrons. The Kier molecular flexibility index (Phi) is 8.29. The second-order valence-electron chi connectivity index (χ2n) is 6.81. The first kappa shape index (κ1) is 21.9. The summed E-state index contributed by atoms with van der Waals surface area (Å²) >= 11 is 0. The van der Waals surface area contributed by atoms with Gasteiger partial charge in [0.2, 0.25) is 0 Å². The van der Waals surface area contributed by atoms with Crippen LogP contribution in [0.4, 0.5) is 5.69 Å². The number of pyridine rings is 1. The van der Waals surface area contributed by atoms with Crippen molar-refractivity contribution < 1.29 is 21.1 Å². The van der Waals surface area contributed by atoms with E-state index in [4.69, 9.17) is 9.98 Å². The van der Waals surface area contributed by atoms with Crippen LogP contribution in [0.3, 0.4) is 0 Å². The molecule has 30 heavy (non-hydrogen) atoms. The number of rotatable bonds is 2. The third-order valence-electron chi connectivity index (χ3n) is 4.72. The number of aliphatic imine (C=N–C) groups is 1. The molecular formula is C27H22N2Pt. The van der Waals surface area contributed by atoms with Crippen molar-refractivity contribution in [2.24, 2.45) is 4.99 Å². The Hall–Kier alpha value is -2.83. The second kappa shape index (κ2) is 11.4. The third kappa shape index (κ3) is 5.84. The molecule has 0 amide bonds. The topological polar surface area (TPSA) is 25.2 Å².